The number of amides is 1. The number of ether oxygens (including phenoxy) is 1. The maximum Gasteiger partial charge on any atom is 0.406 e. The van der Waals surface area contributed by atoms with E-state index in [0.717, 1.165) is 10.8 Å². The maximum absolute atomic E-state index is 14.9. The largest absolute Gasteiger partial charge is 0.495 e. The van der Waals surface area contributed by atoms with Crippen molar-refractivity contribution in [2.45, 2.75) is 43.2 Å². The summed E-state index contributed by atoms with van der Waals surface area (Å²) in [7, 11) is -2.05. The number of piperidine rings is 1. The number of hydrogen-bond acceptors (Lipinski definition) is 6. The third kappa shape index (κ3) is 7.24. The van der Waals surface area contributed by atoms with Gasteiger partial charge in [0.25, 0.3) is 0 Å². The standard InChI is InChI=1S/C28H30F4N4O4S/c1-18(37)35-13-11-24(22(29)16-35)34-23-7-4-8-26-21(23)14-19(36(26)17-28(30,31)32)6-5-12-33-25-10-9-20(41(3,38)39)15-27(25)40-2/h4,7-10,14-15,22,24,33-34H,11-13,16-17H2,1-3H3/t22-,24+/m0/s1. The van der Waals surface area contributed by atoms with E-state index in [2.05, 4.69) is 22.5 Å². The molecule has 2 N–H and O–H groups in total. The van der Waals surface area contributed by atoms with E-state index in [1.54, 1.807) is 18.2 Å². The molecule has 1 amide bonds. The summed E-state index contributed by atoms with van der Waals surface area (Å²) in [6, 6.07) is 10.1. The van der Waals surface area contributed by atoms with E-state index >= 15 is 0 Å². The zero-order chi connectivity index (χ0) is 29.9. The van der Waals surface area contributed by atoms with Gasteiger partial charge in [-0.2, -0.15) is 13.2 Å². The van der Waals surface area contributed by atoms with Crippen molar-refractivity contribution in [3.8, 4) is 17.6 Å². The predicted molar refractivity (Wildman–Crippen MR) is 149 cm³/mol. The molecule has 0 bridgehead atoms. The number of aromatic nitrogens is 1. The fourth-order valence-corrected chi connectivity index (χ4v) is 5.38. The number of carbonyl (C=O) groups is 1. The molecule has 1 aliphatic heterocycles. The van der Waals surface area contributed by atoms with Crippen LogP contribution >= 0.6 is 0 Å². The number of alkyl halides is 4. The van der Waals surface area contributed by atoms with Gasteiger partial charge in [0.1, 0.15) is 18.5 Å². The first kappa shape index (κ1) is 30.0. The number of anilines is 2. The molecule has 1 saturated heterocycles. The topological polar surface area (TPSA) is 92.7 Å². The molecule has 0 unspecified atom stereocenters. The molecule has 13 heteroatoms. The van der Waals surface area contributed by atoms with Gasteiger partial charge in [0.05, 0.1) is 48.0 Å². The molecule has 3 aromatic rings. The van der Waals surface area contributed by atoms with Gasteiger partial charge in [0.15, 0.2) is 9.84 Å². The van der Waals surface area contributed by atoms with Crippen molar-refractivity contribution in [1.82, 2.24) is 9.47 Å². The summed E-state index contributed by atoms with van der Waals surface area (Å²) in [5, 5.41) is 6.58. The van der Waals surface area contributed by atoms with Gasteiger partial charge in [-0.1, -0.05) is 12.0 Å². The molecule has 1 aliphatic rings. The smallest absolute Gasteiger partial charge is 0.406 e. The van der Waals surface area contributed by atoms with Crippen molar-refractivity contribution in [3.05, 3.63) is 48.2 Å². The zero-order valence-electron chi connectivity index (χ0n) is 22.7. The van der Waals surface area contributed by atoms with Crippen molar-refractivity contribution < 1.29 is 35.5 Å². The number of fused-ring (bicyclic) bond motifs is 1. The van der Waals surface area contributed by atoms with E-state index < -0.39 is 34.8 Å². The summed E-state index contributed by atoms with van der Waals surface area (Å²) < 4.78 is 85.4. The lowest BCUT2D eigenvalue weighted by Crippen LogP contribution is -2.49. The van der Waals surface area contributed by atoms with Crippen LogP contribution in [-0.4, -0.2) is 75.2 Å². The molecule has 220 valence electrons. The normalized spacial score (nSPS) is 17.6. The summed E-state index contributed by atoms with van der Waals surface area (Å²) in [6.07, 6.45) is -4.42. The van der Waals surface area contributed by atoms with Crippen LogP contribution in [0, 0.1) is 11.8 Å². The van der Waals surface area contributed by atoms with Gasteiger partial charge in [-0.15, -0.1) is 0 Å². The second kappa shape index (κ2) is 11.9. The average molecular weight is 595 g/mol. The molecule has 0 aliphatic carbocycles. The van der Waals surface area contributed by atoms with Gasteiger partial charge in [0.2, 0.25) is 5.91 Å². The fraction of sp³-hybridized carbons (Fsp3) is 0.393. The van der Waals surface area contributed by atoms with E-state index in [1.165, 1.54) is 43.2 Å². The molecule has 41 heavy (non-hydrogen) atoms. The number of methoxy groups -OCH3 is 1. The summed E-state index contributed by atoms with van der Waals surface area (Å²) >= 11 is 0. The Morgan fingerprint density at radius 2 is 1.93 bits per heavy atom. The van der Waals surface area contributed by atoms with Crippen LogP contribution in [0.1, 0.15) is 19.0 Å². The highest BCUT2D eigenvalue weighted by atomic mass is 32.2. The number of rotatable bonds is 7. The Bertz CT molecular complexity index is 1610. The Kier molecular flexibility index (Phi) is 8.72. The number of hydrogen-bond donors (Lipinski definition) is 2. The second-order valence-corrected chi connectivity index (χ2v) is 11.8. The molecular formula is C28H30F4N4O4S. The molecule has 0 spiro atoms. The Labute approximate surface area is 235 Å². The average Bonchev–Trinajstić information content (AvgIpc) is 3.23. The predicted octanol–water partition coefficient (Wildman–Crippen LogP) is 4.45. The molecule has 2 atom stereocenters. The minimum absolute atomic E-state index is 0.0332. The first-order valence-corrected chi connectivity index (χ1v) is 14.6. The number of sulfone groups is 1. The lowest BCUT2D eigenvalue weighted by atomic mass is 10.0. The quantitative estimate of drug-likeness (QED) is 0.310. The highest BCUT2D eigenvalue weighted by molar-refractivity contribution is 7.90. The Morgan fingerprint density at radius 1 is 1.17 bits per heavy atom. The van der Waals surface area contributed by atoms with Crippen LogP contribution in [-0.2, 0) is 21.2 Å². The van der Waals surface area contributed by atoms with Crippen LogP contribution in [0.15, 0.2) is 47.4 Å². The van der Waals surface area contributed by atoms with Crippen molar-refractivity contribution >= 4 is 38.0 Å². The Hall–Kier alpha value is -3.92. The van der Waals surface area contributed by atoms with Crippen LogP contribution in [0.4, 0.5) is 28.9 Å². The number of benzene rings is 2. The minimum Gasteiger partial charge on any atom is -0.495 e. The SMILES string of the molecule is COc1cc(S(C)(=O)=O)ccc1NCC#Cc1cc2c(N[C@@H]3CCN(C(C)=O)C[C@@H]3F)cccc2n1CC(F)(F)F. The van der Waals surface area contributed by atoms with Gasteiger partial charge < -0.3 is 24.8 Å². The molecular weight excluding hydrogens is 564 g/mol. The monoisotopic (exact) mass is 594 g/mol. The lowest BCUT2D eigenvalue weighted by Gasteiger charge is -2.35. The fourth-order valence-electron chi connectivity index (χ4n) is 4.74. The molecule has 2 aromatic carbocycles. The van der Waals surface area contributed by atoms with E-state index in [-0.39, 0.29) is 35.3 Å². The number of halogens is 4. The molecule has 8 nitrogen and oxygen atoms in total. The van der Waals surface area contributed by atoms with Gasteiger partial charge in [0, 0.05) is 36.9 Å². The highest BCUT2D eigenvalue weighted by Gasteiger charge is 2.32. The Morgan fingerprint density at radius 3 is 2.56 bits per heavy atom. The molecule has 2 heterocycles. The van der Waals surface area contributed by atoms with E-state index in [1.807, 2.05) is 0 Å². The van der Waals surface area contributed by atoms with Crippen molar-refractivity contribution in [3.63, 3.8) is 0 Å². The first-order valence-electron chi connectivity index (χ1n) is 12.7. The maximum atomic E-state index is 14.9. The van der Waals surface area contributed by atoms with Crippen LogP contribution in [0.5, 0.6) is 5.75 Å². The summed E-state index contributed by atoms with van der Waals surface area (Å²) in [6.45, 7) is 0.480. The van der Waals surface area contributed by atoms with Gasteiger partial charge in [-0.05, 0) is 42.7 Å². The van der Waals surface area contributed by atoms with Gasteiger partial charge in [-0.3, -0.25) is 4.79 Å². The van der Waals surface area contributed by atoms with Crippen LogP contribution in [0.3, 0.4) is 0 Å². The third-order valence-corrected chi connectivity index (χ3v) is 7.91. The summed E-state index contributed by atoms with van der Waals surface area (Å²) in [5.74, 6) is 5.68. The van der Waals surface area contributed by atoms with E-state index in [4.69, 9.17) is 4.74 Å². The Balaban J connectivity index is 1.59. The zero-order valence-corrected chi connectivity index (χ0v) is 23.5. The number of nitrogens with one attached hydrogen (secondary N) is 2. The number of nitrogens with zero attached hydrogens (tertiary/aromatic N) is 2. The van der Waals surface area contributed by atoms with Crippen molar-refractivity contribution in [1.29, 1.82) is 0 Å². The van der Waals surface area contributed by atoms with Gasteiger partial charge in [-0.25, -0.2) is 12.8 Å². The van der Waals surface area contributed by atoms with Gasteiger partial charge >= 0.3 is 6.18 Å². The molecule has 0 radical (unpaired) electrons. The van der Waals surface area contributed by atoms with Crippen LogP contribution in [0.2, 0.25) is 0 Å². The summed E-state index contributed by atoms with van der Waals surface area (Å²) in [4.78, 5) is 13.1. The van der Waals surface area contributed by atoms with E-state index in [9.17, 15) is 30.8 Å². The lowest BCUT2D eigenvalue weighted by molar-refractivity contribution is -0.140. The summed E-state index contributed by atoms with van der Waals surface area (Å²) in [5.41, 5.74) is 1.35. The third-order valence-electron chi connectivity index (χ3n) is 6.80. The first-order chi connectivity index (χ1) is 19.3. The molecule has 1 aromatic heterocycles. The molecule has 1 fully saturated rings. The number of carbonyl (C=O) groups excluding carboxylic acids is 1. The minimum atomic E-state index is -4.51. The molecule has 4 rings (SSSR count). The second-order valence-electron chi connectivity index (χ2n) is 9.78. The van der Waals surface area contributed by atoms with E-state index in [0.29, 0.717) is 35.2 Å². The van der Waals surface area contributed by atoms with Crippen LogP contribution in [0.25, 0.3) is 10.9 Å². The highest BCUT2D eigenvalue weighted by Crippen LogP contribution is 2.32. The van der Waals surface area contributed by atoms with Crippen molar-refractivity contribution in [2.75, 3.05) is 43.6 Å². The van der Waals surface area contributed by atoms with Crippen molar-refractivity contribution in [2.24, 2.45) is 0 Å². The number of likely N-dealkylation sites (tertiary alicyclic amines) is 1. The molecule has 0 saturated carbocycles. The van der Waals surface area contributed by atoms with Crippen LogP contribution < -0.4 is 15.4 Å².